The van der Waals surface area contributed by atoms with Crippen molar-refractivity contribution in [2.24, 2.45) is 0 Å². The van der Waals surface area contributed by atoms with Gasteiger partial charge < -0.3 is 49.6 Å². The molecule has 4 aromatic rings. The monoisotopic (exact) mass is 604 g/mol. The third-order valence-corrected chi connectivity index (χ3v) is 7.12. The average molecular weight is 605 g/mol. The highest BCUT2D eigenvalue weighted by molar-refractivity contribution is 6.03. The molecule has 0 aromatic heterocycles. The van der Waals surface area contributed by atoms with Crippen LogP contribution in [0.2, 0.25) is 0 Å². The van der Waals surface area contributed by atoms with Gasteiger partial charge in [0.2, 0.25) is 0 Å². The Morgan fingerprint density at radius 1 is 0.568 bits per heavy atom. The molecule has 12 heteroatoms. The Morgan fingerprint density at radius 2 is 0.955 bits per heavy atom. The minimum Gasteiger partial charge on any atom is -0.508 e. The average Bonchev–Trinajstić information content (AvgIpc) is 2.96. The van der Waals surface area contributed by atoms with Crippen LogP contribution in [0.4, 0.5) is 0 Å². The Bertz CT molecular complexity index is 1630. The summed E-state index contributed by atoms with van der Waals surface area (Å²) in [6.07, 6.45) is -1.18. The van der Waals surface area contributed by atoms with Crippen LogP contribution in [0.3, 0.4) is 0 Å². The van der Waals surface area contributed by atoms with Crippen LogP contribution in [0.1, 0.15) is 56.9 Å². The standard InChI is InChI=1S/2C16H14O6/c2*1-21-13-3-2-8(4-10(13)18)14-7-12(20)16-11(19)5-9(17)6-15(16)22-14/h2*2-6,14,17-19H,7H2,1H3/t2*14-/m00/s1. The first-order valence-electron chi connectivity index (χ1n) is 13.2. The number of fused-ring (bicyclic) bond motifs is 2. The van der Waals surface area contributed by atoms with Gasteiger partial charge in [0.05, 0.1) is 27.1 Å². The number of hydrogen-bond donors (Lipinski definition) is 6. The van der Waals surface area contributed by atoms with E-state index in [9.17, 15) is 40.2 Å². The molecule has 0 saturated carbocycles. The lowest BCUT2D eigenvalue weighted by atomic mass is 9.95. The van der Waals surface area contributed by atoms with Crippen LogP contribution in [0, 0.1) is 0 Å². The fourth-order valence-electron chi connectivity index (χ4n) is 5.04. The molecule has 0 saturated heterocycles. The van der Waals surface area contributed by atoms with Crippen LogP contribution in [0.5, 0.6) is 57.5 Å². The first-order valence-corrected chi connectivity index (χ1v) is 13.2. The smallest absolute Gasteiger partial charge is 0.174 e. The van der Waals surface area contributed by atoms with Gasteiger partial charge in [-0.15, -0.1) is 0 Å². The summed E-state index contributed by atoms with van der Waals surface area (Å²) >= 11 is 0. The zero-order valence-corrected chi connectivity index (χ0v) is 23.5. The molecule has 12 nitrogen and oxygen atoms in total. The molecule has 2 atom stereocenters. The molecule has 0 radical (unpaired) electrons. The maximum atomic E-state index is 12.2. The van der Waals surface area contributed by atoms with Crippen molar-refractivity contribution in [1.29, 1.82) is 0 Å². The lowest BCUT2D eigenvalue weighted by molar-refractivity contribution is 0.0834. The number of aromatic hydroxyl groups is 6. The Morgan fingerprint density at radius 3 is 1.30 bits per heavy atom. The predicted molar refractivity (Wildman–Crippen MR) is 153 cm³/mol. The quantitative estimate of drug-likeness (QED) is 0.182. The minimum atomic E-state index is -0.613. The highest BCUT2D eigenvalue weighted by atomic mass is 16.5. The molecule has 0 unspecified atom stereocenters. The zero-order valence-electron chi connectivity index (χ0n) is 23.5. The van der Waals surface area contributed by atoms with Gasteiger partial charge in [-0.2, -0.15) is 0 Å². The number of Topliss-reactive ketones (excluding diaryl/α,β-unsaturated/α-hetero) is 2. The van der Waals surface area contributed by atoms with Gasteiger partial charge in [0.25, 0.3) is 0 Å². The number of methoxy groups -OCH3 is 2. The summed E-state index contributed by atoms with van der Waals surface area (Å²) in [5, 5.41) is 58.2. The number of phenolic OH excluding ortho intramolecular Hbond substituents is 6. The SMILES string of the molecule is COc1ccc([C@@H]2CC(=O)c3c(O)cc(O)cc3O2)cc1O.COc1ccc([C@@H]2CC(=O)c3c(O)cc(O)cc3O2)cc1O. The van der Waals surface area contributed by atoms with E-state index in [2.05, 4.69) is 0 Å². The molecule has 2 aliphatic heterocycles. The van der Waals surface area contributed by atoms with Crippen molar-refractivity contribution in [2.75, 3.05) is 14.2 Å². The number of phenols is 6. The molecule has 0 aliphatic carbocycles. The van der Waals surface area contributed by atoms with Crippen molar-refractivity contribution >= 4 is 11.6 Å². The van der Waals surface area contributed by atoms with Gasteiger partial charge in [-0.25, -0.2) is 0 Å². The van der Waals surface area contributed by atoms with Crippen molar-refractivity contribution in [1.82, 2.24) is 0 Å². The summed E-state index contributed by atoms with van der Waals surface area (Å²) in [6, 6.07) is 14.2. The van der Waals surface area contributed by atoms with E-state index < -0.39 is 12.2 Å². The van der Waals surface area contributed by atoms with Gasteiger partial charge >= 0.3 is 0 Å². The van der Waals surface area contributed by atoms with Gasteiger partial charge in [-0.3, -0.25) is 9.59 Å². The summed E-state index contributed by atoms with van der Waals surface area (Å²) in [4.78, 5) is 24.4. The second-order valence-electron chi connectivity index (χ2n) is 10.0. The molecule has 6 rings (SSSR count). The summed E-state index contributed by atoms with van der Waals surface area (Å²) < 4.78 is 21.3. The van der Waals surface area contributed by atoms with Crippen molar-refractivity contribution < 1.29 is 59.2 Å². The molecule has 0 amide bonds. The molecule has 6 N–H and O–H groups in total. The highest BCUT2D eigenvalue weighted by Gasteiger charge is 2.32. The van der Waals surface area contributed by atoms with E-state index >= 15 is 0 Å². The van der Waals surface area contributed by atoms with E-state index in [4.69, 9.17) is 18.9 Å². The van der Waals surface area contributed by atoms with Crippen LogP contribution < -0.4 is 18.9 Å². The molecule has 44 heavy (non-hydrogen) atoms. The van der Waals surface area contributed by atoms with E-state index in [0.29, 0.717) is 22.6 Å². The number of hydrogen-bond acceptors (Lipinski definition) is 12. The van der Waals surface area contributed by atoms with Crippen molar-refractivity contribution in [2.45, 2.75) is 25.0 Å². The number of ether oxygens (including phenoxy) is 4. The number of carbonyl (C=O) groups excluding carboxylic acids is 2. The molecular weight excluding hydrogens is 576 g/mol. The molecule has 228 valence electrons. The first kappa shape index (κ1) is 29.7. The van der Waals surface area contributed by atoms with E-state index in [1.165, 1.54) is 38.5 Å². The second-order valence-corrected chi connectivity index (χ2v) is 10.0. The summed E-state index contributed by atoms with van der Waals surface area (Å²) in [7, 11) is 2.88. The lowest BCUT2D eigenvalue weighted by Gasteiger charge is -2.26. The van der Waals surface area contributed by atoms with Gasteiger partial charge in [0.15, 0.2) is 34.6 Å². The van der Waals surface area contributed by atoms with E-state index in [0.717, 1.165) is 12.1 Å². The fraction of sp³-hybridized carbons (Fsp3) is 0.188. The topological polar surface area (TPSA) is 192 Å². The normalized spacial score (nSPS) is 16.8. The largest absolute Gasteiger partial charge is 0.508 e. The maximum absolute atomic E-state index is 12.2. The van der Waals surface area contributed by atoms with E-state index in [-0.39, 0.29) is 81.5 Å². The Kier molecular flexibility index (Phi) is 7.99. The van der Waals surface area contributed by atoms with E-state index in [1.54, 1.807) is 24.3 Å². The maximum Gasteiger partial charge on any atom is 0.174 e. The van der Waals surface area contributed by atoms with Crippen molar-refractivity contribution in [3.8, 4) is 57.5 Å². The molecule has 0 bridgehead atoms. The van der Waals surface area contributed by atoms with Crippen LogP contribution in [-0.2, 0) is 0 Å². The van der Waals surface area contributed by atoms with Gasteiger partial charge in [0, 0.05) is 24.3 Å². The fourth-order valence-corrected chi connectivity index (χ4v) is 5.04. The lowest BCUT2D eigenvalue weighted by Crippen LogP contribution is -2.20. The number of benzene rings is 4. The Balaban J connectivity index is 0.000000175. The summed E-state index contributed by atoms with van der Waals surface area (Å²) in [5.74, 6) is -0.817. The van der Waals surface area contributed by atoms with Gasteiger partial charge in [0.1, 0.15) is 57.8 Å². The number of rotatable bonds is 4. The molecule has 2 heterocycles. The van der Waals surface area contributed by atoms with Crippen LogP contribution >= 0.6 is 0 Å². The molecular formula is C32H28O12. The number of carbonyl (C=O) groups is 2. The Labute approximate surface area is 250 Å². The van der Waals surface area contributed by atoms with Crippen LogP contribution in [0.25, 0.3) is 0 Å². The van der Waals surface area contributed by atoms with E-state index in [1.807, 2.05) is 0 Å². The summed E-state index contributed by atoms with van der Waals surface area (Å²) in [6.45, 7) is 0. The summed E-state index contributed by atoms with van der Waals surface area (Å²) in [5.41, 5.74) is 1.32. The minimum absolute atomic E-state index is 0.0249. The molecule has 4 aromatic carbocycles. The highest BCUT2D eigenvalue weighted by Crippen LogP contribution is 2.44. The third kappa shape index (κ3) is 5.77. The van der Waals surface area contributed by atoms with Gasteiger partial charge in [-0.1, -0.05) is 12.1 Å². The zero-order chi connectivity index (χ0) is 31.7. The number of ketones is 2. The first-order chi connectivity index (χ1) is 21.0. The van der Waals surface area contributed by atoms with Gasteiger partial charge in [-0.05, 0) is 35.4 Å². The third-order valence-electron chi connectivity index (χ3n) is 7.12. The van der Waals surface area contributed by atoms with Crippen molar-refractivity contribution in [3.05, 3.63) is 82.9 Å². The van der Waals surface area contributed by atoms with Crippen LogP contribution in [0.15, 0.2) is 60.7 Å². The van der Waals surface area contributed by atoms with Crippen LogP contribution in [-0.4, -0.2) is 56.4 Å². The predicted octanol–water partition coefficient (Wildman–Crippen LogP) is 5.04. The molecule has 2 aliphatic rings. The molecule has 0 fully saturated rings. The molecule has 0 spiro atoms. The van der Waals surface area contributed by atoms with Crippen molar-refractivity contribution in [3.63, 3.8) is 0 Å². The Hall–Kier alpha value is -5.78. The second kappa shape index (κ2) is 11.8.